The van der Waals surface area contributed by atoms with Crippen molar-refractivity contribution in [3.05, 3.63) is 10.4 Å². The van der Waals surface area contributed by atoms with Crippen molar-refractivity contribution in [3.63, 3.8) is 0 Å². The van der Waals surface area contributed by atoms with Crippen LogP contribution in [0.25, 0.3) is 11.5 Å². The average Bonchev–Trinajstić information content (AvgIpc) is 3.01. The summed E-state index contributed by atoms with van der Waals surface area (Å²) in [6.45, 7) is 2.74. The van der Waals surface area contributed by atoms with Gasteiger partial charge in [-0.05, 0) is 13.8 Å². The summed E-state index contributed by atoms with van der Waals surface area (Å²) in [5, 5.41) is 7.45. The van der Waals surface area contributed by atoms with Gasteiger partial charge in [0.1, 0.15) is 10.7 Å². The molecule has 0 radical (unpaired) electrons. The van der Waals surface area contributed by atoms with Crippen molar-refractivity contribution in [2.45, 2.75) is 69.1 Å². The molecule has 2 aromatic heterocycles. The summed E-state index contributed by atoms with van der Waals surface area (Å²) in [5.74, 6) is -5.25. The molecule has 0 unspecified atom stereocenters. The van der Waals surface area contributed by atoms with Crippen molar-refractivity contribution >= 4 is 23.2 Å². The summed E-state index contributed by atoms with van der Waals surface area (Å²) in [5.41, 5.74) is -1.35. The van der Waals surface area contributed by atoms with Gasteiger partial charge in [0.2, 0.25) is 11.9 Å². The Morgan fingerprint density at radius 1 is 0.897 bits per heavy atom. The van der Waals surface area contributed by atoms with Crippen molar-refractivity contribution in [1.82, 2.24) is 19.9 Å². The standard InChI is InChI=1S/C17H19F5N6S/c1-15(2,18)12-25-10(7-29-12)11-26-13(23-8-3-16(19,20)4-8)28-14(27-11)24-9-5-17(21,22)6-9/h7-9H,3-6H2,1-2H3,(H2,23,24,26,27,28). The largest absolute Gasteiger partial charge is 0.351 e. The highest BCUT2D eigenvalue weighted by molar-refractivity contribution is 7.10. The van der Waals surface area contributed by atoms with Gasteiger partial charge >= 0.3 is 0 Å². The van der Waals surface area contributed by atoms with E-state index < -0.39 is 29.6 Å². The third-order valence-corrected chi connectivity index (χ3v) is 5.86. The average molecular weight is 434 g/mol. The molecule has 2 fully saturated rings. The van der Waals surface area contributed by atoms with Crippen LogP contribution in [0.3, 0.4) is 0 Å². The predicted octanol–water partition coefficient (Wildman–Crippen LogP) is 4.62. The molecule has 12 heteroatoms. The summed E-state index contributed by atoms with van der Waals surface area (Å²) in [6, 6.07) is -1.01. The molecule has 6 nitrogen and oxygen atoms in total. The van der Waals surface area contributed by atoms with E-state index in [2.05, 4.69) is 30.6 Å². The molecule has 2 heterocycles. The van der Waals surface area contributed by atoms with Gasteiger partial charge in [0.25, 0.3) is 11.8 Å². The summed E-state index contributed by atoms with van der Waals surface area (Å²) in [7, 11) is 0. The monoisotopic (exact) mass is 434 g/mol. The van der Waals surface area contributed by atoms with E-state index in [1.54, 1.807) is 5.38 Å². The Labute approximate surface area is 167 Å². The Kier molecular flexibility index (Phi) is 4.67. The SMILES string of the molecule is CC(C)(F)c1nc(-c2nc(NC3CC(F)(F)C3)nc(NC3CC(F)(F)C3)n2)cs1. The lowest BCUT2D eigenvalue weighted by Crippen LogP contribution is -2.45. The third kappa shape index (κ3) is 4.57. The van der Waals surface area contributed by atoms with E-state index >= 15 is 0 Å². The summed E-state index contributed by atoms with van der Waals surface area (Å²) in [4.78, 5) is 16.7. The van der Waals surface area contributed by atoms with Gasteiger partial charge in [0.05, 0.1) is 0 Å². The zero-order valence-corrected chi connectivity index (χ0v) is 16.5. The maximum atomic E-state index is 14.1. The van der Waals surface area contributed by atoms with Crippen LogP contribution in [0.15, 0.2) is 5.38 Å². The van der Waals surface area contributed by atoms with Crippen LogP contribution >= 0.6 is 11.3 Å². The molecule has 0 aromatic carbocycles. The quantitative estimate of drug-likeness (QED) is 0.647. The van der Waals surface area contributed by atoms with Gasteiger partial charge in [-0.2, -0.15) is 15.0 Å². The maximum absolute atomic E-state index is 14.1. The van der Waals surface area contributed by atoms with Gasteiger partial charge in [-0.25, -0.2) is 26.9 Å². The third-order valence-electron chi connectivity index (χ3n) is 4.72. The number of hydrogen-bond donors (Lipinski definition) is 2. The number of aromatic nitrogens is 4. The van der Waals surface area contributed by atoms with Crippen LogP contribution in [0.4, 0.5) is 33.8 Å². The van der Waals surface area contributed by atoms with E-state index in [1.165, 1.54) is 13.8 Å². The molecule has 29 heavy (non-hydrogen) atoms. The molecule has 0 bridgehead atoms. The van der Waals surface area contributed by atoms with E-state index in [4.69, 9.17) is 0 Å². The maximum Gasteiger partial charge on any atom is 0.252 e. The van der Waals surface area contributed by atoms with Gasteiger partial charge in [-0.3, -0.25) is 0 Å². The molecule has 158 valence electrons. The topological polar surface area (TPSA) is 75.6 Å². The van der Waals surface area contributed by atoms with E-state index in [0.29, 0.717) is 5.69 Å². The van der Waals surface area contributed by atoms with E-state index in [-0.39, 0.29) is 48.4 Å². The van der Waals surface area contributed by atoms with E-state index in [1.807, 2.05) is 0 Å². The molecule has 2 aromatic rings. The summed E-state index contributed by atoms with van der Waals surface area (Å²) < 4.78 is 66.6. The first-order valence-corrected chi connectivity index (χ1v) is 9.97. The van der Waals surface area contributed by atoms with Gasteiger partial charge < -0.3 is 10.6 Å². The predicted molar refractivity (Wildman–Crippen MR) is 98.3 cm³/mol. The summed E-state index contributed by atoms with van der Waals surface area (Å²) in [6.07, 6.45) is -1.38. The van der Waals surface area contributed by atoms with Crippen molar-refractivity contribution in [3.8, 4) is 11.5 Å². The van der Waals surface area contributed by atoms with Crippen LogP contribution in [0.1, 0.15) is 44.5 Å². The van der Waals surface area contributed by atoms with Crippen molar-refractivity contribution in [2.24, 2.45) is 0 Å². The zero-order valence-electron chi connectivity index (χ0n) is 15.6. The number of hydrogen-bond acceptors (Lipinski definition) is 7. The Morgan fingerprint density at radius 3 is 1.76 bits per heavy atom. The first-order valence-electron chi connectivity index (χ1n) is 9.09. The number of rotatable bonds is 6. The van der Waals surface area contributed by atoms with E-state index in [0.717, 1.165) is 11.3 Å². The molecule has 4 rings (SSSR count). The summed E-state index contributed by atoms with van der Waals surface area (Å²) >= 11 is 1.10. The molecule has 2 aliphatic carbocycles. The molecule has 2 aliphatic rings. The van der Waals surface area contributed by atoms with E-state index in [9.17, 15) is 22.0 Å². The van der Waals surface area contributed by atoms with Crippen molar-refractivity contribution < 1.29 is 22.0 Å². The Morgan fingerprint density at radius 2 is 1.38 bits per heavy atom. The number of thiazole rings is 1. The molecule has 2 saturated carbocycles. The Hall–Kier alpha value is -2.11. The highest BCUT2D eigenvalue weighted by atomic mass is 32.1. The first kappa shape index (κ1) is 20.2. The lowest BCUT2D eigenvalue weighted by atomic mass is 9.88. The minimum atomic E-state index is -2.72. The van der Waals surface area contributed by atoms with Crippen LogP contribution < -0.4 is 10.6 Å². The lowest BCUT2D eigenvalue weighted by molar-refractivity contribution is -0.0799. The van der Waals surface area contributed by atoms with Crippen molar-refractivity contribution in [1.29, 1.82) is 0 Å². The molecule has 0 saturated heterocycles. The molecular formula is C17H19F5N6S. The van der Waals surface area contributed by atoms with Gasteiger partial charge in [0, 0.05) is 43.1 Å². The zero-order chi connectivity index (χ0) is 21.0. The Bertz CT molecular complexity index is 852. The number of nitrogens with one attached hydrogen (secondary N) is 2. The highest BCUT2D eigenvalue weighted by Gasteiger charge is 2.46. The minimum Gasteiger partial charge on any atom is -0.351 e. The van der Waals surface area contributed by atoms with Crippen molar-refractivity contribution in [2.75, 3.05) is 10.6 Å². The lowest BCUT2D eigenvalue weighted by Gasteiger charge is -2.36. The van der Waals surface area contributed by atoms with Crippen LogP contribution in [0.5, 0.6) is 0 Å². The molecular weight excluding hydrogens is 415 g/mol. The Balaban J connectivity index is 1.58. The second-order valence-corrected chi connectivity index (χ2v) is 8.89. The van der Waals surface area contributed by atoms with Crippen LogP contribution in [0.2, 0.25) is 0 Å². The molecule has 0 aliphatic heterocycles. The first-order chi connectivity index (χ1) is 13.4. The normalized spacial score (nSPS) is 21.3. The minimum absolute atomic E-state index is 0.0399. The number of anilines is 2. The number of alkyl halides is 5. The van der Waals surface area contributed by atoms with Gasteiger partial charge in [0.15, 0.2) is 11.5 Å². The number of nitrogens with zero attached hydrogens (tertiary/aromatic N) is 4. The fraction of sp³-hybridized carbons (Fsp3) is 0.647. The fourth-order valence-corrected chi connectivity index (χ4v) is 3.97. The molecule has 0 spiro atoms. The van der Waals surface area contributed by atoms with Gasteiger partial charge in [-0.15, -0.1) is 11.3 Å². The van der Waals surface area contributed by atoms with Crippen LogP contribution in [-0.2, 0) is 5.67 Å². The van der Waals surface area contributed by atoms with Gasteiger partial charge in [-0.1, -0.05) is 0 Å². The molecule has 2 N–H and O–H groups in total. The number of halogens is 5. The van der Waals surface area contributed by atoms with Crippen LogP contribution in [-0.4, -0.2) is 43.9 Å². The highest BCUT2D eigenvalue weighted by Crippen LogP contribution is 2.40. The fourth-order valence-electron chi connectivity index (χ4n) is 3.16. The smallest absolute Gasteiger partial charge is 0.252 e. The second kappa shape index (κ2) is 6.71. The molecule has 0 amide bonds. The molecule has 0 atom stereocenters. The van der Waals surface area contributed by atoms with Crippen LogP contribution in [0, 0.1) is 0 Å². The second-order valence-electron chi connectivity index (χ2n) is 8.03.